The molecule has 1 nitrogen and oxygen atoms in total. The summed E-state index contributed by atoms with van der Waals surface area (Å²) in [5.41, 5.74) is 1.19. The van der Waals surface area contributed by atoms with E-state index in [0.29, 0.717) is 16.7 Å². The maximum absolute atomic E-state index is 13.5. The third kappa shape index (κ3) is 2.09. The third-order valence-corrected chi connectivity index (χ3v) is 2.33. The molecule has 3 heteroatoms. The fourth-order valence-corrected chi connectivity index (χ4v) is 1.59. The van der Waals surface area contributed by atoms with Crippen LogP contribution in [0, 0.1) is 11.6 Å². The highest BCUT2D eigenvalue weighted by Crippen LogP contribution is 2.24. The van der Waals surface area contributed by atoms with Crippen molar-refractivity contribution in [1.29, 1.82) is 0 Å². The highest BCUT2D eigenvalue weighted by atomic mass is 19.1. The molecule has 0 aliphatic rings. The fraction of sp³-hybridized carbons (Fsp3) is 0.0769. The van der Waals surface area contributed by atoms with Gasteiger partial charge in [-0.25, -0.2) is 8.78 Å². The van der Waals surface area contributed by atoms with Gasteiger partial charge in [0.15, 0.2) is 0 Å². The molecule has 0 atom stereocenters. The predicted molar refractivity (Wildman–Crippen MR) is 57.7 cm³/mol. The molecule has 0 amide bonds. The Hall–Kier alpha value is -1.74. The predicted octanol–water partition coefficient (Wildman–Crippen LogP) is 3.12. The molecule has 0 bridgehead atoms. The average molecular weight is 220 g/mol. The molecule has 1 N–H and O–H groups in total. The minimum atomic E-state index is -0.482. The lowest BCUT2D eigenvalue weighted by Gasteiger charge is -2.05. The van der Waals surface area contributed by atoms with Crippen LogP contribution in [0.2, 0.25) is 0 Å². The lowest BCUT2D eigenvalue weighted by atomic mass is 10.0. The van der Waals surface area contributed by atoms with E-state index in [4.69, 9.17) is 5.11 Å². The normalized spacial score (nSPS) is 10.4. The number of benzene rings is 2. The fourth-order valence-electron chi connectivity index (χ4n) is 1.59. The minimum absolute atomic E-state index is 0.265. The van der Waals surface area contributed by atoms with Crippen molar-refractivity contribution in [2.75, 3.05) is 0 Å². The van der Waals surface area contributed by atoms with Gasteiger partial charge in [0.2, 0.25) is 0 Å². The second kappa shape index (κ2) is 4.41. The van der Waals surface area contributed by atoms with E-state index in [1.807, 2.05) is 0 Å². The highest BCUT2D eigenvalue weighted by molar-refractivity contribution is 5.64. The first kappa shape index (κ1) is 10.8. The van der Waals surface area contributed by atoms with E-state index in [9.17, 15) is 8.78 Å². The lowest BCUT2D eigenvalue weighted by molar-refractivity contribution is 0.281. The molecule has 2 aromatic rings. The molecule has 0 aliphatic carbocycles. The largest absolute Gasteiger partial charge is 0.392 e. The minimum Gasteiger partial charge on any atom is -0.392 e. The van der Waals surface area contributed by atoms with E-state index in [0.717, 1.165) is 0 Å². The van der Waals surface area contributed by atoms with E-state index < -0.39 is 11.6 Å². The first-order valence-electron chi connectivity index (χ1n) is 4.86. The Kier molecular flexibility index (Phi) is 2.97. The van der Waals surface area contributed by atoms with Crippen molar-refractivity contribution in [3.8, 4) is 11.1 Å². The Morgan fingerprint density at radius 2 is 1.75 bits per heavy atom. The zero-order valence-corrected chi connectivity index (χ0v) is 8.45. The number of rotatable bonds is 2. The number of hydrogen-bond donors (Lipinski definition) is 1. The maximum Gasteiger partial charge on any atom is 0.131 e. The molecule has 0 saturated heterocycles. The molecule has 0 fully saturated rings. The van der Waals surface area contributed by atoms with E-state index in [1.54, 1.807) is 24.3 Å². The van der Waals surface area contributed by atoms with Crippen LogP contribution < -0.4 is 0 Å². The zero-order chi connectivity index (χ0) is 11.5. The van der Waals surface area contributed by atoms with Crippen LogP contribution >= 0.6 is 0 Å². The van der Waals surface area contributed by atoms with Crippen LogP contribution in [0.5, 0.6) is 0 Å². The summed E-state index contributed by atoms with van der Waals surface area (Å²) >= 11 is 0. The van der Waals surface area contributed by atoms with Crippen LogP contribution in [0.15, 0.2) is 42.5 Å². The summed E-state index contributed by atoms with van der Waals surface area (Å²) in [4.78, 5) is 0. The molecule has 0 unspecified atom stereocenters. The molecular formula is C13H10F2O. The Labute approximate surface area is 92.0 Å². The second-order valence-corrected chi connectivity index (χ2v) is 3.49. The van der Waals surface area contributed by atoms with Crippen molar-refractivity contribution in [2.45, 2.75) is 6.61 Å². The molecule has 0 aromatic heterocycles. The van der Waals surface area contributed by atoms with Crippen LogP contribution in [0.3, 0.4) is 0 Å². The zero-order valence-electron chi connectivity index (χ0n) is 8.45. The summed E-state index contributed by atoms with van der Waals surface area (Å²) in [5.74, 6) is -0.887. The van der Waals surface area contributed by atoms with Crippen molar-refractivity contribution in [3.63, 3.8) is 0 Å². The summed E-state index contributed by atoms with van der Waals surface area (Å²) in [7, 11) is 0. The van der Waals surface area contributed by atoms with Gasteiger partial charge in [0.1, 0.15) is 11.6 Å². The van der Waals surface area contributed by atoms with Gasteiger partial charge in [-0.15, -0.1) is 0 Å². The highest BCUT2D eigenvalue weighted by Gasteiger charge is 2.06. The van der Waals surface area contributed by atoms with Crippen LogP contribution in [0.25, 0.3) is 11.1 Å². The van der Waals surface area contributed by atoms with Gasteiger partial charge in [-0.3, -0.25) is 0 Å². The second-order valence-electron chi connectivity index (χ2n) is 3.49. The Bertz CT molecular complexity index is 509. The van der Waals surface area contributed by atoms with Gasteiger partial charge in [0.25, 0.3) is 0 Å². The SMILES string of the molecule is OCc1cc(F)cc(-c2ccccc2F)c1. The molecular weight excluding hydrogens is 210 g/mol. The molecule has 0 aliphatic heterocycles. The number of hydrogen-bond acceptors (Lipinski definition) is 1. The Morgan fingerprint density at radius 1 is 1.00 bits per heavy atom. The van der Waals surface area contributed by atoms with Crippen molar-refractivity contribution < 1.29 is 13.9 Å². The van der Waals surface area contributed by atoms with Crippen molar-refractivity contribution in [1.82, 2.24) is 0 Å². The van der Waals surface area contributed by atoms with Gasteiger partial charge in [0.05, 0.1) is 6.61 Å². The Balaban J connectivity index is 2.56. The summed E-state index contributed by atoms with van der Waals surface area (Å²) in [6.07, 6.45) is 0. The van der Waals surface area contributed by atoms with Gasteiger partial charge in [-0.1, -0.05) is 18.2 Å². The van der Waals surface area contributed by atoms with Crippen LogP contribution in [-0.2, 0) is 6.61 Å². The summed E-state index contributed by atoms with van der Waals surface area (Å²) in [5, 5.41) is 8.94. The van der Waals surface area contributed by atoms with Gasteiger partial charge in [0, 0.05) is 5.56 Å². The molecule has 0 radical (unpaired) electrons. The molecule has 0 saturated carbocycles. The van der Waals surface area contributed by atoms with Crippen LogP contribution in [0.1, 0.15) is 5.56 Å². The van der Waals surface area contributed by atoms with Gasteiger partial charge in [-0.05, 0) is 35.4 Å². The standard InChI is InChI=1S/C13H10F2O/c14-11-6-9(8-16)5-10(7-11)12-3-1-2-4-13(12)15/h1-7,16H,8H2. The number of halogens is 2. The van der Waals surface area contributed by atoms with Gasteiger partial charge >= 0.3 is 0 Å². The number of aliphatic hydroxyl groups is 1. The summed E-state index contributed by atoms with van der Waals surface area (Å²) in [6, 6.07) is 10.2. The van der Waals surface area contributed by atoms with Gasteiger partial charge < -0.3 is 5.11 Å². The number of aliphatic hydroxyl groups excluding tert-OH is 1. The molecule has 82 valence electrons. The summed E-state index contributed by atoms with van der Waals surface area (Å²) in [6.45, 7) is -0.265. The van der Waals surface area contributed by atoms with Crippen LogP contribution in [0.4, 0.5) is 8.78 Å². The van der Waals surface area contributed by atoms with Gasteiger partial charge in [-0.2, -0.15) is 0 Å². The smallest absolute Gasteiger partial charge is 0.131 e. The maximum atomic E-state index is 13.5. The van der Waals surface area contributed by atoms with Crippen molar-refractivity contribution in [3.05, 3.63) is 59.7 Å². The molecule has 0 heterocycles. The van der Waals surface area contributed by atoms with Crippen LogP contribution in [-0.4, -0.2) is 5.11 Å². The lowest BCUT2D eigenvalue weighted by Crippen LogP contribution is -1.90. The molecule has 2 rings (SSSR count). The quantitative estimate of drug-likeness (QED) is 0.824. The molecule has 0 spiro atoms. The topological polar surface area (TPSA) is 20.2 Å². The monoisotopic (exact) mass is 220 g/mol. The average Bonchev–Trinajstić information content (AvgIpc) is 2.28. The first-order chi connectivity index (χ1) is 7.70. The van der Waals surface area contributed by atoms with Crippen molar-refractivity contribution >= 4 is 0 Å². The van der Waals surface area contributed by atoms with E-state index >= 15 is 0 Å². The third-order valence-electron chi connectivity index (χ3n) is 2.33. The Morgan fingerprint density at radius 3 is 2.44 bits per heavy atom. The summed E-state index contributed by atoms with van der Waals surface area (Å²) < 4.78 is 26.7. The van der Waals surface area contributed by atoms with E-state index in [1.165, 1.54) is 18.2 Å². The van der Waals surface area contributed by atoms with E-state index in [2.05, 4.69) is 0 Å². The first-order valence-corrected chi connectivity index (χ1v) is 4.86. The van der Waals surface area contributed by atoms with E-state index in [-0.39, 0.29) is 6.61 Å². The van der Waals surface area contributed by atoms with Crippen molar-refractivity contribution in [2.24, 2.45) is 0 Å². The molecule has 2 aromatic carbocycles. The molecule has 16 heavy (non-hydrogen) atoms.